The van der Waals surface area contributed by atoms with E-state index >= 15 is 0 Å². The molecule has 160 valence electrons. The van der Waals surface area contributed by atoms with Gasteiger partial charge < -0.3 is 9.32 Å². The molecular formula is C26H28N2O3. The molecule has 0 N–H and O–H groups in total. The maximum absolute atomic E-state index is 13.0. The monoisotopic (exact) mass is 416 g/mol. The average Bonchev–Trinajstić information content (AvgIpc) is 3.19. The van der Waals surface area contributed by atoms with Crippen molar-refractivity contribution in [3.05, 3.63) is 54.1 Å². The van der Waals surface area contributed by atoms with Gasteiger partial charge in [-0.15, -0.1) is 0 Å². The predicted octanol–water partition coefficient (Wildman–Crippen LogP) is 5.49. The number of hydrogen-bond acceptors (Lipinski definition) is 4. The first-order valence-electron chi connectivity index (χ1n) is 11.2. The molecule has 2 fully saturated rings. The van der Waals surface area contributed by atoms with Crippen LogP contribution in [0.25, 0.3) is 22.6 Å². The zero-order valence-corrected chi connectivity index (χ0v) is 18.1. The van der Waals surface area contributed by atoms with E-state index in [1.807, 2.05) is 60.5 Å². The Morgan fingerprint density at radius 2 is 1.84 bits per heavy atom. The van der Waals surface area contributed by atoms with Crippen molar-refractivity contribution in [3.63, 3.8) is 0 Å². The fourth-order valence-corrected chi connectivity index (χ4v) is 4.68. The van der Waals surface area contributed by atoms with Gasteiger partial charge in [-0.05, 0) is 74.4 Å². The van der Waals surface area contributed by atoms with Crippen LogP contribution >= 0.6 is 0 Å². The number of oxazole rings is 1. The van der Waals surface area contributed by atoms with E-state index < -0.39 is 0 Å². The molecule has 0 aliphatic heterocycles. The van der Waals surface area contributed by atoms with Gasteiger partial charge in [0.2, 0.25) is 5.89 Å². The van der Waals surface area contributed by atoms with Crippen molar-refractivity contribution >= 4 is 22.8 Å². The first-order chi connectivity index (χ1) is 14.9. The second kappa shape index (κ2) is 7.63. The lowest BCUT2D eigenvalue weighted by Crippen LogP contribution is -2.35. The highest BCUT2D eigenvalue weighted by Crippen LogP contribution is 2.48. The summed E-state index contributed by atoms with van der Waals surface area (Å²) >= 11 is 0. The molecule has 3 aromatic rings. The predicted molar refractivity (Wildman–Crippen MR) is 120 cm³/mol. The summed E-state index contributed by atoms with van der Waals surface area (Å²) in [6, 6.07) is 15.3. The van der Waals surface area contributed by atoms with Gasteiger partial charge in [0, 0.05) is 36.1 Å². The van der Waals surface area contributed by atoms with E-state index in [0.717, 1.165) is 48.8 Å². The van der Waals surface area contributed by atoms with Gasteiger partial charge in [-0.3, -0.25) is 9.59 Å². The zero-order valence-electron chi connectivity index (χ0n) is 18.1. The largest absolute Gasteiger partial charge is 0.436 e. The van der Waals surface area contributed by atoms with Crippen molar-refractivity contribution in [3.8, 4) is 11.5 Å². The average molecular weight is 417 g/mol. The van der Waals surface area contributed by atoms with E-state index in [0.29, 0.717) is 29.6 Å². The number of Topliss-reactive ketones (excluding diaryl/α,β-unsaturated/α-hetero) is 1. The second-order valence-electron chi connectivity index (χ2n) is 9.50. The first kappa shape index (κ1) is 20.0. The molecule has 1 heterocycles. The van der Waals surface area contributed by atoms with E-state index in [-0.39, 0.29) is 17.4 Å². The highest BCUT2D eigenvalue weighted by atomic mass is 16.3. The van der Waals surface area contributed by atoms with Crippen molar-refractivity contribution in [1.29, 1.82) is 0 Å². The number of rotatable bonds is 6. The van der Waals surface area contributed by atoms with Crippen LogP contribution in [0, 0.1) is 11.3 Å². The van der Waals surface area contributed by atoms with Gasteiger partial charge in [0.1, 0.15) is 11.3 Å². The molecule has 5 heteroatoms. The van der Waals surface area contributed by atoms with Crippen molar-refractivity contribution in [2.45, 2.75) is 51.5 Å². The Balaban J connectivity index is 1.23. The van der Waals surface area contributed by atoms with Crippen LogP contribution in [0.5, 0.6) is 0 Å². The van der Waals surface area contributed by atoms with Crippen LogP contribution in [0.2, 0.25) is 0 Å². The van der Waals surface area contributed by atoms with E-state index in [4.69, 9.17) is 4.42 Å². The quantitative estimate of drug-likeness (QED) is 0.533. The van der Waals surface area contributed by atoms with Crippen LogP contribution in [0.15, 0.2) is 52.9 Å². The maximum Gasteiger partial charge on any atom is 0.253 e. The summed E-state index contributed by atoms with van der Waals surface area (Å²) in [6.45, 7) is 2.09. The van der Waals surface area contributed by atoms with E-state index in [1.54, 1.807) is 0 Å². The number of hydrogen-bond donors (Lipinski definition) is 0. The molecule has 2 atom stereocenters. The molecule has 0 bridgehead atoms. The molecule has 0 unspecified atom stereocenters. The molecule has 0 radical (unpaired) electrons. The van der Waals surface area contributed by atoms with E-state index in [2.05, 4.69) is 11.9 Å². The van der Waals surface area contributed by atoms with Gasteiger partial charge >= 0.3 is 0 Å². The second-order valence-corrected chi connectivity index (χ2v) is 9.50. The summed E-state index contributed by atoms with van der Waals surface area (Å²) in [6.07, 6.45) is 5.68. The topological polar surface area (TPSA) is 63.4 Å². The molecule has 5 nitrogen and oxygen atoms in total. The highest BCUT2D eigenvalue weighted by molar-refractivity contribution is 5.94. The SMILES string of the molecule is CN(C(=O)c1ccc(-c2nc3ccccc3o2)cc1)[C@@H]1CC[C@H](CC(=O)C2(C)CC2)C1. The third kappa shape index (κ3) is 3.89. The van der Waals surface area contributed by atoms with E-state index in [9.17, 15) is 9.59 Å². The molecule has 2 aliphatic carbocycles. The number of carbonyl (C=O) groups is 2. The Morgan fingerprint density at radius 3 is 2.55 bits per heavy atom. The molecule has 2 aliphatic rings. The van der Waals surface area contributed by atoms with Crippen LogP contribution in [0.1, 0.15) is 55.8 Å². The highest BCUT2D eigenvalue weighted by Gasteiger charge is 2.45. The summed E-state index contributed by atoms with van der Waals surface area (Å²) in [7, 11) is 1.88. The Hall–Kier alpha value is -2.95. The minimum atomic E-state index is -0.0454. The minimum Gasteiger partial charge on any atom is -0.436 e. The fourth-order valence-electron chi connectivity index (χ4n) is 4.68. The third-order valence-electron chi connectivity index (χ3n) is 7.20. The van der Waals surface area contributed by atoms with Gasteiger partial charge in [-0.25, -0.2) is 4.98 Å². The molecule has 1 aromatic heterocycles. The molecule has 2 aromatic carbocycles. The molecule has 0 saturated heterocycles. The summed E-state index contributed by atoms with van der Waals surface area (Å²) < 4.78 is 5.82. The molecule has 2 saturated carbocycles. The standard InChI is InChI=1S/C26H28N2O3/c1-26(13-14-26)23(29)16-17-7-12-20(15-17)28(2)25(30)19-10-8-18(9-11-19)24-27-21-5-3-4-6-22(21)31-24/h3-6,8-11,17,20H,7,12-16H2,1-2H3/t17-,20+/m0/s1. The molecule has 5 rings (SSSR count). The first-order valence-corrected chi connectivity index (χ1v) is 11.2. The number of fused-ring (bicyclic) bond motifs is 1. The lowest BCUT2D eigenvalue weighted by Gasteiger charge is -2.25. The Kier molecular flexibility index (Phi) is 4.92. The van der Waals surface area contributed by atoms with Crippen LogP contribution < -0.4 is 0 Å². The number of aromatic nitrogens is 1. The fraction of sp³-hybridized carbons (Fsp3) is 0.423. The Labute approximate surface area is 182 Å². The molecular weight excluding hydrogens is 388 g/mol. The Morgan fingerprint density at radius 1 is 1.10 bits per heavy atom. The van der Waals surface area contributed by atoms with Crippen molar-refractivity contribution in [2.75, 3.05) is 7.05 Å². The normalized spacial score (nSPS) is 21.9. The summed E-state index contributed by atoms with van der Waals surface area (Å²) in [5.41, 5.74) is 3.04. The van der Waals surface area contributed by atoms with Gasteiger partial charge in [0.15, 0.2) is 5.58 Å². The van der Waals surface area contributed by atoms with Gasteiger partial charge in [-0.1, -0.05) is 19.1 Å². The van der Waals surface area contributed by atoms with E-state index in [1.165, 1.54) is 0 Å². The maximum atomic E-state index is 13.0. The van der Waals surface area contributed by atoms with Crippen LogP contribution in [-0.2, 0) is 4.79 Å². The number of benzene rings is 2. The number of nitrogens with zero attached hydrogens (tertiary/aromatic N) is 2. The van der Waals surface area contributed by atoms with Crippen molar-refractivity contribution in [1.82, 2.24) is 9.88 Å². The smallest absolute Gasteiger partial charge is 0.253 e. The molecule has 1 amide bonds. The minimum absolute atomic E-state index is 0.0234. The van der Waals surface area contributed by atoms with Gasteiger partial charge in [0.05, 0.1) is 0 Å². The third-order valence-corrected chi connectivity index (χ3v) is 7.20. The summed E-state index contributed by atoms with van der Waals surface area (Å²) in [5.74, 6) is 1.41. The zero-order chi connectivity index (χ0) is 21.6. The van der Waals surface area contributed by atoms with Crippen LogP contribution in [0.3, 0.4) is 0 Å². The number of ketones is 1. The summed E-state index contributed by atoms with van der Waals surface area (Å²) in [4.78, 5) is 31.8. The molecule has 31 heavy (non-hydrogen) atoms. The van der Waals surface area contributed by atoms with Crippen LogP contribution in [-0.4, -0.2) is 34.7 Å². The molecule has 0 spiro atoms. The van der Waals surface area contributed by atoms with Crippen molar-refractivity contribution in [2.24, 2.45) is 11.3 Å². The lowest BCUT2D eigenvalue weighted by molar-refractivity contribution is -0.124. The van der Waals surface area contributed by atoms with Crippen molar-refractivity contribution < 1.29 is 14.0 Å². The Bertz CT molecular complexity index is 1090. The number of para-hydroxylation sites is 2. The number of carbonyl (C=O) groups excluding carboxylic acids is 2. The van der Waals surface area contributed by atoms with Crippen LogP contribution in [0.4, 0.5) is 0 Å². The van der Waals surface area contributed by atoms with Gasteiger partial charge in [-0.2, -0.15) is 0 Å². The number of amides is 1. The summed E-state index contributed by atoms with van der Waals surface area (Å²) in [5, 5.41) is 0. The lowest BCUT2D eigenvalue weighted by atomic mass is 9.92. The van der Waals surface area contributed by atoms with Gasteiger partial charge in [0.25, 0.3) is 5.91 Å².